The van der Waals surface area contributed by atoms with Gasteiger partial charge in [-0.2, -0.15) is 8.42 Å². The van der Waals surface area contributed by atoms with Crippen LogP contribution in [0.2, 0.25) is 0 Å². The summed E-state index contributed by atoms with van der Waals surface area (Å²) in [5.41, 5.74) is 1.25. The zero-order valence-corrected chi connectivity index (χ0v) is 13.2. The summed E-state index contributed by atoms with van der Waals surface area (Å²) in [7, 11) is -3.90. The van der Waals surface area contributed by atoms with E-state index in [-0.39, 0.29) is 18.8 Å². The fourth-order valence-electron chi connectivity index (χ4n) is 2.36. The van der Waals surface area contributed by atoms with Crippen LogP contribution >= 0.6 is 0 Å². The van der Waals surface area contributed by atoms with Crippen molar-refractivity contribution in [3.8, 4) is 5.75 Å². The molecule has 0 amide bonds. The van der Waals surface area contributed by atoms with Crippen molar-refractivity contribution in [1.82, 2.24) is 0 Å². The fourth-order valence-corrected chi connectivity index (χ4v) is 2.84. The number of benzene rings is 1. The Morgan fingerprint density at radius 2 is 2.00 bits per heavy atom. The molecule has 0 saturated heterocycles. The van der Waals surface area contributed by atoms with E-state index in [0.29, 0.717) is 11.8 Å². The smallest absolute Gasteiger partial charge is 0.264 e. The molecule has 0 aliphatic heterocycles. The van der Waals surface area contributed by atoms with E-state index in [1.807, 2.05) is 18.2 Å². The Labute approximate surface area is 121 Å². The molecule has 0 bridgehead atoms. The molecule has 0 spiro atoms. The normalized spacial score (nSPS) is 13.4. The standard InChI is InChI=1S/C15H24O4S/c1-4-15(12(2)3)13-7-5-8-14(11-13)19-9-6-10-20(16,17)18/h5,7-8,11-12,15H,4,6,9-10H2,1-3H3,(H,16,17,18). The van der Waals surface area contributed by atoms with E-state index in [1.54, 1.807) is 0 Å². The minimum atomic E-state index is -3.90. The third-order valence-corrected chi connectivity index (χ3v) is 4.15. The quantitative estimate of drug-likeness (QED) is 0.589. The van der Waals surface area contributed by atoms with Gasteiger partial charge in [-0.05, 0) is 42.4 Å². The van der Waals surface area contributed by atoms with Crippen molar-refractivity contribution in [2.24, 2.45) is 5.92 Å². The van der Waals surface area contributed by atoms with Crippen LogP contribution in [0.1, 0.15) is 45.1 Å². The maximum Gasteiger partial charge on any atom is 0.264 e. The summed E-state index contributed by atoms with van der Waals surface area (Å²) in [6.07, 6.45) is 1.36. The number of rotatable bonds is 8. The van der Waals surface area contributed by atoms with Crippen LogP contribution in [0.15, 0.2) is 24.3 Å². The molecular weight excluding hydrogens is 276 g/mol. The Morgan fingerprint density at radius 1 is 1.30 bits per heavy atom. The lowest BCUT2D eigenvalue weighted by molar-refractivity contribution is 0.315. The summed E-state index contributed by atoms with van der Waals surface area (Å²) in [5.74, 6) is 1.54. The summed E-state index contributed by atoms with van der Waals surface area (Å²) in [6.45, 7) is 6.85. The Balaban J connectivity index is 2.60. The Morgan fingerprint density at radius 3 is 2.55 bits per heavy atom. The summed E-state index contributed by atoms with van der Waals surface area (Å²) < 4.78 is 35.4. The molecule has 0 saturated carbocycles. The molecule has 0 aromatic heterocycles. The molecular formula is C15H24O4S. The van der Waals surface area contributed by atoms with Gasteiger partial charge in [0.15, 0.2) is 0 Å². The Hall–Kier alpha value is -1.07. The van der Waals surface area contributed by atoms with Crippen LogP contribution < -0.4 is 4.74 Å². The average molecular weight is 300 g/mol. The lowest BCUT2D eigenvalue weighted by Crippen LogP contribution is -2.09. The summed E-state index contributed by atoms with van der Waals surface area (Å²) >= 11 is 0. The van der Waals surface area contributed by atoms with Crippen molar-refractivity contribution in [2.75, 3.05) is 12.4 Å². The predicted octanol–water partition coefficient (Wildman–Crippen LogP) is 3.49. The predicted molar refractivity (Wildman–Crippen MR) is 80.8 cm³/mol. The van der Waals surface area contributed by atoms with Crippen LogP contribution in [-0.4, -0.2) is 25.3 Å². The van der Waals surface area contributed by atoms with Gasteiger partial charge in [0.25, 0.3) is 10.1 Å². The van der Waals surface area contributed by atoms with Gasteiger partial charge in [0, 0.05) is 0 Å². The maximum atomic E-state index is 10.6. The van der Waals surface area contributed by atoms with Crippen molar-refractivity contribution in [2.45, 2.75) is 39.5 Å². The molecule has 5 heteroatoms. The maximum absolute atomic E-state index is 10.6. The lowest BCUT2D eigenvalue weighted by atomic mass is 9.86. The van der Waals surface area contributed by atoms with Crippen molar-refractivity contribution < 1.29 is 17.7 Å². The third kappa shape index (κ3) is 5.92. The van der Waals surface area contributed by atoms with Crippen molar-refractivity contribution in [3.05, 3.63) is 29.8 Å². The highest BCUT2D eigenvalue weighted by Gasteiger charge is 2.14. The summed E-state index contributed by atoms with van der Waals surface area (Å²) in [6, 6.07) is 7.93. The second-order valence-electron chi connectivity index (χ2n) is 5.32. The Kier molecular flexibility index (Phi) is 6.49. The van der Waals surface area contributed by atoms with E-state index >= 15 is 0 Å². The zero-order valence-electron chi connectivity index (χ0n) is 12.4. The number of hydrogen-bond donors (Lipinski definition) is 1. The van der Waals surface area contributed by atoms with Crippen LogP contribution in [0.25, 0.3) is 0 Å². The highest BCUT2D eigenvalue weighted by Crippen LogP contribution is 2.29. The molecule has 0 fully saturated rings. The Bertz CT molecular complexity index is 508. The van der Waals surface area contributed by atoms with Gasteiger partial charge < -0.3 is 4.74 Å². The van der Waals surface area contributed by atoms with Gasteiger partial charge in [-0.15, -0.1) is 0 Å². The van der Waals surface area contributed by atoms with Crippen LogP contribution in [0.4, 0.5) is 0 Å². The lowest BCUT2D eigenvalue weighted by Gasteiger charge is -2.20. The van der Waals surface area contributed by atoms with E-state index in [9.17, 15) is 8.42 Å². The largest absolute Gasteiger partial charge is 0.494 e. The van der Waals surface area contributed by atoms with Crippen LogP contribution in [0.3, 0.4) is 0 Å². The minimum Gasteiger partial charge on any atom is -0.494 e. The molecule has 1 atom stereocenters. The van der Waals surface area contributed by atoms with Gasteiger partial charge in [0.1, 0.15) is 5.75 Å². The molecule has 1 aromatic carbocycles. The highest BCUT2D eigenvalue weighted by molar-refractivity contribution is 7.85. The van der Waals surface area contributed by atoms with Crippen LogP contribution in [-0.2, 0) is 10.1 Å². The molecule has 1 unspecified atom stereocenters. The van der Waals surface area contributed by atoms with E-state index in [1.165, 1.54) is 5.56 Å². The summed E-state index contributed by atoms with van der Waals surface area (Å²) in [4.78, 5) is 0. The summed E-state index contributed by atoms with van der Waals surface area (Å²) in [5, 5.41) is 0. The van der Waals surface area contributed by atoms with Crippen molar-refractivity contribution in [3.63, 3.8) is 0 Å². The van der Waals surface area contributed by atoms with Gasteiger partial charge in [-0.3, -0.25) is 4.55 Å². The van der Waals surface area contributed by atoms with Gasteiger partial charge >= 0.3 is 0 Å². The second-order valence-corrected chi connectivity index (χ2v) is 6.89. The van der Waals surface area contributed by atoms with Crippen molar-refractivity contribution >= 4 is 10.1 Å². The molecule has 0 aliphatic carbocycles. The molecule has 0 heterocycles. The van der Waals surface area contributed by atoms with Crippen LogP contribution in [0.5, 0.6) is 5.75 Å². The van der Waals surface area contributed by atoms with E-state index in [2.05, 4.69) is 26.8 Å². The molecule has 1 rings (SSSR count). The molecule has 0 radical (unpaired) electrons. The first-order valence-electron chi connectivity index (χ1n) is 7.01. The molecule has 0 aliphatic rings. The minimum absolute atomic E-state index is 0.268. The number of hydrogen-bond acceptors (Lipinski definition) is 3. The average Bonchev–Trinajstić information content (AvgIpc) is 2.34. The monoisotopic (exact) mass is 300 g/mol. The first-order valence-corrected chi connectivity index (χ1v) is 8.62. The number of ether oxygens (including phenoxy) is 1. The van der Waals surface area contributed by atoms with Gasteiger partial charge in [0.2, 0.25) is 0 Å². The van der Waals surface area contributed by atoms with Crippen LogP contribution in [0, 0.1) is 5.92 Å². The first-order chi connectivity index (χ1) is 9.33. The van der Waals surface area contributed by atoms with E-state index in [4.69, 9.17) is 9.29 Å². The topological polar surface area (TPSA) is 63.6 Å². The van der Waals surface area contributed by atoms with E-state index < -0.39 is 10.1 Å². The van der Waals surface area contributed by atoms with Gasteiger partial charge in [-0.25, -0.2) is 0 Å². The van der Waals surface area contributed by atoms with Crippen molar-refractivity contribution in [1.29, 1.82) is 0 Å². The molecule has 1 N–H and O–H groups in total. The second kappa shape index (κ2) is 7.64. The highest BCUT2D eigenvalue weighted by atomic mass is 32.2. The third-order valence-electron chi connectivity index (χ3n) is 3.35. The molecule has 4 nitrogen and oxygen atoms in total. The molecule has 114 valence electrons. The van der Waals surface area contributed by atoms with Gasteiger partial charge in [0.05, 0.1) is 12.4 Å². The van der Waals surface area contributed by atoms with Gasteiger partial charge in [-0.1, -0.05) is 32.9 Å². The first kappa shape index (κ1) is 17.0. The van der Waals surface area contributed by atoms with E-state index in [0.717, 1.165) is 12.2 Å². The zero-order chi connectivity index (χ0) is 15.2. The molecule has 20 heavy (non-hydrogen) atoms. The SMILES string of the molecule is CCC(c1cccc(OCCCS(=O)(=O)O)c1)C(C)C. The molecule has 1 aromatic rings. The fraction of sp³-hybridized carbons (Fsp3) is 0.600.